The molecule has 0 radical (unpaired) electrons. The summed E-state index contributed by atoms with van der Waals surface area (Å²) < 4.78 is 0. The normalized spacial score (nSPS) is 18.5. The molecule has 3 heteroatoms. The zero-order valence-corrected chi connectivity index (χ0v) is 11.0. The van der Waals surface area contributed by atoms with E-state index in [4.69, 9.17) is 17.3 Å². The fourth-order valence-electron chi connectivity index (χ4n) is 2.55. The van der Waals surface area contributed by atoms with E-state index in [1.807, 2.05) is 18.2 Å². The van der Waals surface area contributed by atoms with Gasteiger partial charge in [0.05, 0.1) is 0 Å². The largest absolute Gasteiger partial charge is 0.330 e. The van der Waals surface area contributed by atoms with Crippen LogP contribution >= 0.6 is 11.6 Å². The Hall–Kier alpha value is -0.570. The molecule has 2 nitrogen and oxygen atoms in total. The van der Waals surface area contributed by atoms with Gasteiger partial charge in [-0.1, -0.05) is 23.7 Å². The minimum absolute atomic E-state index is 0.548. The molecule has 1 aliphatic rings. The summed E-state index contributed by atoms with van der Waals surface area (Å²) in [6.45, 7) is 4.37. The predicted molar refractivity (Wildman–Crippen MR) is 73.4 cm³/mol. The summed E-state index contributed by atoms with van der Waals surface area (Å²) in [5, 5.41) is 0.819. The smallest absolute Gasteiger partial charge is 0.0408 e. The second-order valence-corrected chi connectivity index (χ2v) is 5.38. The van der Waals surface area contributed by atoms with Crippen molar-refractivity contribution in [3.63, 3.8) is 0 Å². The molecule has 1 fully saturated rings. The van der Waals surface area contributed by atoms with Crippen LogP contribution < -0.4 is 5.73 Å². The van der Waals surface area contributed by atoms with Crippen molar-refractivity contribution >= 4 is 11.6 Å². The lowest BCUT2D eigenvalue weighted by atomic mass is 9.99. The van der Waals surface area contributed by atoms with Crippen LogP contribution in [0.3, 0.4) is 0 Å². The summed E-state index contributed by atoms with van der Waals surface area (Å²) in [5.41, 5.74) is 7.18. The maximum absolute atomic E-state index is 6.00. The molecular weight excluding hydrogens is 232 g/mol. The average Bonchev–Trinajstić information content (AvgIpc) is 2.81. The Bertz CT molecular complexity index is 348. The van der Waals surface area contributed by atoms with Gasteiger partial charge in [-0.15, -0.1) is 0 Å². The summed E-state index contributed by atoms with van der Waals surface area (Å²) in [5.74, 6) is 0.548. The molecule has 2 rings (SSSR count). The molecule has 94 valence electrons. The van der Waals surface area contributed by atoms with Gasteiger partial charge < -0.3 is 10.6 Å². The van der Waals surface area contributed by atoms with Gasteiger partial charge in [0, 0.05) is 11.6 Å². The molecule has 0 saturated carbocycles. The minimum Gasteiger partial charge on any atom is -0.330 e. The van der Waals surface area contributed by atoms with E-state index in [1.165, 1.54) is 31.5 Å². The van der Waals surface area contributed by atoms with E-state index in [0.29, 0.717) is 5.92 Å². The van der Waals surface area contributed by atoms with Crippen LogP contribution in [0.15, 0.2) is 24.3 Å². The van der Waals surface area contributed by atoms with Crippen LogP contribution in [0.25, 0.3) is 0 Å². The van der Waals surface area contributed by atoms with Crippen LogP contribution in [0.2, 0.25) is 5.02 Å². The van der Waals surface area contributed by atoms with E-state index < -0.39 is 0 Å². The molecule has 1 saturated heterocycles. The van der Waals surface area contributed by atoms with Crippen molar-refractivity contribution in [2.45, 2.75) is 19.3 Å². The fraction of sp³-hybridized carbons (Fsp3) is 0.571. The Labute approximate surface area is 109 Å². The topological polar surface area (TPSA) is 29.3 Å². The Morgan fingerprint density at radius 3 is 2.71 bits per heavy atom. The Balaban J connectivity index is 1.90. The number of hydrogen-bond donors (Lipinski definition) is 1. The highest BCUT2D eigenvalue weighted by atomic mass is 35.5. The zero-order chi connectivity index (χ0) is 12.1. The number of nitrogens with two attached hydrogens (primary N) is 1. The maximum atomic E-state index is 6.00. The molecular formula is C14H21ClN2. The predicted octanol–water partition coefficient (Wildman–Crippen LogP) is 2.55. The third kappa shape index (κ3) is 3.98. The molecule has 1 aliphatic heterocycles. The lowest BCUT2D eigenvalue weighted by molar-refractivity contribution is 0.279. The lowest BCUT2D eigenvalue weighted by Gasteiger charge is -2.22. The van der Waals surface area contributed by atoms with Crippen molar-refractivity contribution in [1.82, 2.24) is 4.90 Å². The van der Waals surface area contributed by atoms with E-state index in [-0.39, 0.29) is 0 Å². The van der Waals surface area contributed by atoms with Gasteiger partial charge in [-0.2, -0.15) is 0 Å². The molecule has 1 heterocycles. The number of hydrogen-bond acceptors (Lipinski definition) is 2. The van der Waals surface area contributed by atoms with Gasteiger partial charge in [-0.3, -0.25) is 0 Å². The van der Waals surface area contributed by atoms with Gasteiger partial charge in [-0.25, -0.2) is 0 Å². The van der Waals surface area contributed by atoms with Gasteiger partial charge in [0.1, 0.15) is 0 Å². The van der Waals surface area contributed by atoms with Gasteiger partial charge in [-0.05, 0) is 62.5 Å². The van der Waals surface area contributed by atoms with Crippen LogP contribution in [-0.2, 0) is 6.42 Å². The van der Waals surface area contributed by atoms with E-state index >= 15 is 0 Å². The van der Waals surface area contributed by atoms with Crippen molar-refractivity contribution < 1.29 is 0 Å². The SMILES string of the molecule is NCC(Cc1cccc(Cl)c1)CN1CCCC1. The first-order valence-electron chi connectivity index (χ1n) is 6.45. The van der Waals surface area contributed by atoms with Gasteiger partial charge in [0.25, 0.3) is 0 Å². The molecule has 1 unspecified atom stereocenters. The van der Waals surface area contributed by atoms with Gasteiger partial charge >= 0.3 is 0 Å². The van der Waals surface area contributed by atoms with Crippen molar-refractivity contribution in [2.75, 3.05) is 26.2 Å². The van der Waals surface area contributed by atoms with E-state index in [2.05, 4.69) is 11.0 Å². The summed E-state index contributed by atoms with van der Waals surface area (Å²) >= 11 is 6.00. The summed E-state index contributed by atoms with van der Waals surface area (Å²) in [6.07, 6.45) is 3.72. The minimum atomic E-state index is 0.548. The first-order chi connectivity index (χ1) is 8.28. The molecule has 0 amide bonds. The first-order valence-corrected chi connectivity index (χ1v) is 6.82. The quantitative estimate of drug-likeness (QED) is 0.873. The molecule has 2 N–H and O–H groups in total. The standard InChI is InChI=1S/C14H21ClN2/c15-14-5-3-4-12(9-14)8-13(10-16)11-17-6-1-2-7-17/h3-5,9,13H,1-2,6-8,10-11,16H2. The second kappa shape index (κ2) is 6.39. The third-order valence-electron chi connectivity index (χ3n) is 3.46. The molecule has 0 aliphatic carbocycles. The highest BCUT2D eigenvalue weighted by Gasteiger charge is 2.16. The first kappa shape index (κ1) is 12.9. The molecule has 1 aromatic rings. The molecule has 1 aromatic carbocycles. The van der Waals surface area contributed by atoms with Crippen LogP contribution in [0.4, 0.5) is 0 Å². The zero-order valence-electron chi connectivity index (χ0n) is 10.2. The highest BCUT2D eigenvalue weighted by molar-refractivity contribution is 6.30. The Morgan fingerprint density at radius 1 is 1.29 bits per heavy atom. The van der Waals surface area contributed by atoms with Crippen molar-refractivity contribution in [3.8, 4) is 0 Å². The molecule has 17 heavy (non-hydrogen) atoms. The van der Waals surface area contributed by atoms with Crippen LogP contribution in [-0.4, -0.2) is 31.1 Å². The van der Waals surface area contributed by atoms with E-state index in [0.717, 1.165) is 24.5 Å². The van der Waals surface area contributed by atoms with Crippen LogP contribution in [0.1, 0.15) is 18.4 Å². The molecule has 0 spiro atoms. The second-order valence-electron chi connectivity index (χ2n) is 4.94. The number of likely N-dealkylation sites (tertiary alicyclic amines) is 1. The van der Waals surface area contributed by atoms with Crippen LogP contribution in [0.5, 0.6) is 0 Å². The number of nitrogens with zero attached hydrogens (tertiary/aromatic N) is 1. The molecule has 0 bridgehead atoms. The molecule has 1 atom stereocenters. The fourth-order valence-corrected chi connectivity index (χ4v) is 2.76. The van der Waals surface area contributed by atoms with Crippen molar-refractivity contribution in [1.29, 1.82) is 0 Å². The Kier molecular flexibility index (Phi) is 4.84. The maximum Gasteiger partial charge on any atom is 0.0408 e. The summed E-state index contributed by atoms with van der Waals surface area (Å²) in [6, 6.07) is 8.12. The van der Waals surface area contributed by atoms with Gasteiger partial charge in [0.2, 0.25) is 0 Å². The number of halogens is 1. The summed E-state index contributed by atoms with van der Waals surface area (Å²) in [7, 11) is 0. The lowest BCUT2D eigenvalue weighted by Crippen LogP contribution is -2.32. The van der Waals surface area contributed by atoms with Crippen LogP contribution in [0, 0.1) is 5.92 Å². The van der Waals surface area contributed by atoms with Crippen molar-refractivity contribution in [2.24, 2.45) is 11.7 Å². The van der Waals surface area contributed by atoms with E-state index in [9.17, 15) is 0 Å². The average molecular weight is 253 g/mol. The van der Waals surface area contributed by atoms with Crippen molar-refractivity contribution in [3.05, 3.63) is 34.9 Å². The summed E-state index contributed by atoms with van der Waals surface area (Å²) in [4.78, 5) is 2.53. The third-order valence-corrected chi connectivity index (χ3v) is 3.70. The van der Waals surface area contributed by atoms with Gasteiger partial charge in [0.15, 0.2) is 0 Å². The number of rotatable bonds is 5. The Morgan fingerprint density at radius 2 is 2.06 bits per heavy atom. The van der Waals surface area contributed by atoms with E-state index in [1.54, 1.807) is 0 Å². The number of benzene rings is 1. The highest BCUT2D eigenvalue weighted by Crippen LogP contribution is 2.16. The monoisotopic (exact) mass is 252 g/mol. The molecule has 0 aromatic heterocycles.